The molecule has 6 heterocycles. The number of fused-ring (bicyclic) bond motifs is 2. The fourth-order valence-corrected chi connectivity index (χ4v) is 10.6. The monoisotopic (exact) mass is 898 g/mol. The Labute approximate surface area is 376 Å². The standard InChI is InChI=1S/C48H61F3N10O4/c1-56-42-28-32(7-14-40(42)61(47(56)65)41-15-16-43(63)54-45(41)64)4-2-3-21-57-22-17-35(18-23-57)59-26-24-58(25-27-59)30-33-5-8-34(9-6-33)39-31-60(36-10-12-37(62)13-11-36)44-38(39)29-53-46(55-44)52-20-19-48(49,50)51/h5-9,14,28-29,31,35-37,41,62H,2-4,10-13,15-27,30H2,1H3,(H,52,53,55)(H,54,63,64)/t36?,37?,41-/m0/s1. The van der Waals surface area contributed by atoms with Crippen molar-refractivity contribution in [1.29, 1.82) is 0 Å². The Hall–Kier alpha value is -5.10. The van der Waals surface area contributed by atoms with E-state index in [2.05, 4.69) is 77.5 Å². The summed E-state index contributed by atoms with van der Waals surface area (Å²) in [6.45, 7) is 8.12. The first kappa shape index (κ1) is 45.1. The number of imidazole rings is 1. The number of aromatic nitrogens is 5. The van der Waals surface area contributed by atoms with Crippen molar-refractivity contribution in [2.45, 2.75) is 114 Å². The zero-order valence-corrected chi connectivity index (χ0v) is 37.2. The van der Waals surface area contributed by atoms with Crippen LogP contribution >= 0.6 is 0 Å². The number of halogens is 3. The first-order valence-corrected chi connectivity index (χ1v) is 23.5. The molecular formula is C48H61F3N10O4. The van der Waals surface area contributed by atoms with Gasteiger partial charge in [-0.2, -0.15) is 18.2 Å². The molecule has 348 valence electrons. The van der Waals surface area contributed by atoms with Crippen molar-refractivity contribution in [2.75, 3.05) is 57.7 Å². The summed E-state index contributed by atoms with van der Waals surface area (Å²) in [4.78, 5) is 54.3. The number of carbonyl (C=O) groups excluding carboxylic acids is 2. The van der Waals surface area contributed by atoms with E-state index in [0.717, 1.165) is 112 Å². The maximum Gasteiger partial charge on any atom is 0.390 e. The van der Waals surface area contributed by atoms with Gasteiger partial charge in [0.2, 0.25) is 17.8 Å². The summed E-state index contributed by atoms with van der Waals surface area (Å²) in [6, 6.07) is 14.8. The summed E-state index contributed by atoms with van der Waals surface area (Å²) in [6.07, 6.45) is 7.32. The van der Waals surface area contributed by atoms with Crippen LogP contribution in [0.1, 0.15) is 93.8 Å². The molecule has 2 amide bonds. The minimum absolute atomic E-state index is 0.140. The number of nitrogens with one attached hydrogen (secondary N) is 2. The summed E-state index contributed by atoms with van der Waals surface area (Å²) in [5, 5.41) is 16.1. The summed E-state index contributed by atoms with van der Waals surface area (Å²) in [7, 11) is 1.74. The van der Waals surface area contributed by atoms with E-state index >= 15 is 0 Å². The third-order valence-electron chi connectivity index (χ3n) is 14.3. The Morgan fingerprint density at radius 1 is 0.831 bits per heavy atom. The highest BCUT2D eigenvalue weighted by Gasteiger charge is 2.32. The van der Waals surface area contributed by atoms with Crippen molar-refractivity contribution in [3.05, 3.63) is 76.5 Å². The molecule has 2 aromatic carbocycles. The van der Waals surface area contributed by atoms with Crippen LogP contribution in [0.3, 0.4) is 0 Å². The van der Waals surface area contributed by atoms with E-state index in [4.69, 9.17) is 4.98 Å². The average Bonchev–Trinajstić information content (AvgIpc) is 3.79. The predicted molar refractivity (Wildman–Crippen MR) is 243 cm³/mol. The van der Waals surface area contributed by atoms with Gasteiger partial charge in [0.05, 0.1) is 23.6 Å². The molecule has 0 spiro atoms. The zero-order chi connectivity index (χ0) is 45.2. The summed E-state index contributed by atoms with van der Waals surface area (Å²) in [5.41, 5.74) is 6.44. The minimum Gasteiger partial charge on any atom is -0.393 e. The van der Waals surface area contributed by atoms with E-state index in [9.17, 15) is 32.7 Å². The molecule has 1 atom stereocenters. The van der Waals surface area contributed by atoms with Gasteiger partial charge >= 0.3 is 11.9 Å². The minimum atomic E-state index is -4.26. The van der Waals surface area contributed by atoms with Gasteiger partial charge in [0.1, 0.15) is 11.7 Å². The number of hydrogen-bond donors (Lipinski definition) is 3. The van der Waals surface area contributed by atoms with Gasteiger partial charge in [0.25, 0.3) is 0 Å². The Morgan fingerprint density at radius 2 is 1.57 bits per heavy atom. The first-order chi connectivity index (χ1) is 31.4. The Bertz CT molecular complexity index is 2530. The fraction of sp³-hybridized carbons (Fsp3) is 0.562. The molecule has 3 saturated heterocycles. The molecule has 14 nitrogen and oxygen atoms in total. The third kappa shape index (κ3) is 10.3. The number of aliphatic hydroxyl groups is 1. The van der Waals surface area contributed by atoms with Crippen LogP contribution in [-0.4, -0.2) is 126 Å². The van der Waals surface area contributed by atoms with Crippen LogP contribution in [-0.2, 0) is 29.6 Å². The molecule has 3 aliphatic heterocycles. The largest absolute Gasteiger partial charge is 0.393 e. The maximum absolute atomic E-state index is 13.1. The zero-order valence-electron chi connectivity index (χ0n) is 37.2. The number of piperidine rings is 2. The Kier molecular flexibility index (Phi) is 13.4. The number of hydrogen-bond acceptors (Lipinski definition) is 10. The van der Waals surface area contributed by atoms with Gasteiger partial charge in [-0.1, -0.05) is 30.3 Å². The predicted octanol–water partition coefficient (Wildman–Crippen LogP) is 6.17. The number of aryl methyl sites for hydroxylation is 2. The van der Waals surface area contributed by atoms with Crippen LogP contribution in [0.5, 0.6) is 0 Å². The molecule has 65 heavy (non-hydrogen) atoms. The summed E-state index contributed by atoms with van der Waals surface area (Å²) in [5.74, 6) is -0.531. The van der Waals surface area contributed by atoms with E-state index in [0.29, 0.717) is 31.0 Å². The second kappa shape index (κ2) is 19.4. The number of likely N-dealkylation sites (tertiary alicyclic amines) is 1. The highest BCUT2D eigenvalue weighted by Crippen LogP contribution is 2.37. The van der Waals surface area contributed by atoms with Crippen LogP contribution in [0.25, 0.3) is 33.2 Å². The lowest BCUT2D eigenvalue weighted by Gasteiger charge is -2.43. The number of benzene rings is 2. The van der Waals surface area contributed by atoms with Gasteiger partial charge in [0, 0.05) is 88.2 Å². The van der Waals surface area contributed by atoms with Gasteiger partial charge in [-0.3, -0.25) is 33.8 Å². The van der Waals surface area contributed by atoms with E-state index in [1.54, 1.807) is 17.8 Å². The molecule has 5 aromatic rings. The smallest absolute Gasteiger partial charge is 0.390 e. The van der Waals surface area contributed by atoms with Crippen LogP contribution in [0.2, 0.25) is 0 Å². The number of anilines is 1. The van der Waals surface area contributed by atoms with E-state index < -0.39 is 24.5 Å². The average molecular weight is 899 g/mol. The lowest BCUT2D eigenvalue weighted by molar-refractivity contribution is -0.136. The van der Waals surface area contributed by atoms with Crippen LogP contribution in [0, 0.1) is 0 Å². The summed E-state index contributed by atoms with van der Waals surface area (Å²) >= 11 is 0. The van der Waals surface area contributed by atoms with Crippen LogP contribution < -0.4 is 16.3 Å². The Balaban J connectivity index is 0.725. The van der Waals surface area contributed by atoms with Crippen molar-refractivity contribution >= 4 is 39.8 Å². The highest BCUT2D eigenvalue weighted by molar-refractivity contribution is 6.00. The molecule has 9 rings (SSSR count). The number of unbranched alkanes of at least 4 members (excludes halogenated alkanes) is 1. The number of nitrogens with zero attached hydrogens (tertiary/aromatic N) is 8. The number of alkyl halides is 3. The number of imide groups is 1. The number of carbonyl (C=O) groups is 2. The quantitative estimate of drug-likeness (QED) is 0.0874. The van der Waals surface area contributed by atoms with Gasteiger partial charge < -0.3 is 19.9 Å². The van der Waals surface area contributed by atoms with E-state index in [1.807, 2.05) is 6.07 Å². The van der Waals surface area contributed by atoms with Crippen molar-refractivity contribution in [3.63, 3.8) is 0 Å². The Morgan fingerprint density at radius 3 is 2.29 bits per heavy atom. The number of amides is 2. The van der Waals surface area contributed by atoms with Gasteiger partial charge in [0.15, 0.2) is 0 Å². The van der Waals surface area contributed by atoms with Crippen molar-refractivity contribution in [3.8, 4) is 11.1 Å². The molecule has 4 fully saturated rings. The van der Waals surface area contributed by atoms with E-state index in [-0.39, 0.29) is 42.7 Å². The molecule has 0 radical (unpaired) electrons. The fourth-order valence-electron chi connectivity index (χ4n) is 10.6. The summed E-state index contributed by atoms with van der Waals surface area (Å²) < 4.78 is 43.7. The van der Waals surface area contributed by atoms with Crippen molar-refractivity contribution in [1.82, 2.24) is 43.7 Å². The molecule has 1 aliphatic carbocycles. The maximum atomic E-state index is 13.1. The molecule has 3 N–H and O–H groups in total. The normalized spacial score (nSPS) is 22.3. The second-order valence-corrected chi connectivity index (χ2v) is 18.7. The topological polar surface area (TPSA) is 146 Å². The lowest BCUT2D eigenvalue weighted by Crippen LogP contribution is -2.53. The SMILES string of the molecule is Cn1c(=O)n([C@H]2CCC(=O)NC2=O)c2ccc(CCCCN3CCC(N4CCN(Cc5ccc(-c6cn(C7CCC(O)CC7)c7nc(NCCC(F)(F)F)ncc67)cc5)CC4)CC3)cc21. The van der Waals surface area contributed by atoms with E-state index in [1.165, 1.54) is 28.5 Å². The molecule has 3 aromatic heterocycles. The third-order valence-corrected chi connectivity index (χ3v) is 14.3. The van der Waals surface area contributed by atoms with Gasteiger partial charge in [-0.15, -0.1) is 0 Å². The van der Waals surface area contributed by atoms with Gasteiger partial charge in [-0.05, 0) is 113 Å². The molecule has 17 heteroatoms. The number of rotatable bonds is 14. The lowest BCUT2D eigenvalue weighted by atomic mass is 9.93. The number of aliphatic hydroxyl groups excluding tert-OH is 1. The number of piperazine rings is 1. The molecule has 4 aliphatic rings. The molecule has 0 unspecified atom stereocenters. The molecule has 0 bridgehead atoms. The van der Waals surface area contributed by atoms with Crippen molar-refractivity contribution < 1.29 is 27.9 Å². The highest BCUT2D eigenvalue weighted by atomic mass is 19.4. The van der Waals surface area contributed by atoms with Crippen molar-refractivity contribution in [2.24, 2.45) is 7.05 Å². The van der Waals surface area contributed by atoms with Crippen LogP contribution in [0.15, 0.2) is 59.7 Å². The van der Waals surface area contributed by atoms with Crippen LogP contribution in [0.4, 0.5) is 19.1 Å². The molecule has 1 saturated carbocycles. The second-order valence-electron chi connectivity index (χ2n) is 18.7. The van der Waals surface area contributed by atoms with Gasteiger partial charge in [-0.25, -0.2) is 9.78 Å². The molecular weight excluding hydrogens is 838 g/mol. The first-order valence-electron chi connectivity index (χ1n) is 23.5.